The molecule has 0 bridgehead atoms. The van der Waals surface area contributed by atoms with Crippen LogP contribution in [0.1, 0.15) is 38.9 Å². The van der Waals surface area contributed by atoms with Crippen LogP contribution in [0.5, 0.6) is 0 Å². The summed E-state index contributed by atoms with van der Waals surface area (Å²) in [4.78, 5) is 11.2. The number of likely N-dealkylation sites (tertiary alicyclic amines) is 1. The third kappa shape index (κ3) is 2.86. The summed E-state index contributed by atoms with van der Waals surface area (Å²) in [6.07, 6.45) is 7.47. The first kappa shape index (κ1) is 13.9. The molecule has 3 rings (SSSR count). The van der Waals surface area contributed by atoms with Gasteiger partial charge >= 0.3 is 0 Å². The highest BCUT2D eigenvalue weighted by Gasteiger charge is 2.29. The van der Waals surface area contributed by atoms with Crippen molar-refractivity contribution >= 4 is 21.7 Å². The van der Waals surface area contributed by atoms with E-state index in [0.717, 1.165) is 29.9 Å². The van der Waals surface area contributed by atoms with Crippen LogP contribution >= 0.6 is 15.9 Å². The van der Waals surface area contributed by atoms with Crippen molar-refractivity contribution < 1.29 is 0 Å². The van der Waals surface area contributed by atoms with Gasteiger partial charge in [-0.05, 0) is 47.2 Å². The Hall–Kier alpha value is -1.01. The average Bonchev–Trinajstić information content (AvgIpc) is 2.80. The highest BCUT2D eigenvalue weighted by atomic mass is 79.9. The van der Waals surface area contributed by atoms with Crippen LogP contribution in [0.4, 0.5) is 0 Å². The summed E-state index contributed by atoms with van der Waals surface area (Å²) < 4.78 is 2.65. The summed E-state index contributed by atoms with van der Waals surface area (Å²) >= 11 is 3.40. The fourth-order valence-corrected chi connectivity index (χ4v) is 3.22. The van der Waals surface area contributed by atoms with E-state index in [1.54, 1.807) is 10.7 Å². The van der Waals surface area contributed by atoms with Crippen LogP contribution in [0.25, 0.3) is 5.78 Å². The summed E-state index contributed by atoms with van der Waals surface area (Å²) in [6.45, 7) is 7.76. The normalized spacial score (nSPS) is 24.4. The Bertz CT molecular complexity index is 611. The van der Waals surface area contributed by atoms with Gasteiger partial charge in [-0.2, -0.15) is 4.98 Å². The molecule has 1 aliphatic heterocycles. The molecule has 1 unspecified atom stereocenters. The molecule has 1 atom stereocenters. The van der Waals surface area contributed by atoms with Gasteiger partial charge in [-0.1, -0.05) is 13.8 Å². The first-order valence-electron chi connectivity index (χ1n) is 7.17. The van der Waals surface area contributed by atoms with Crippen molar-refractivity contribution in [1.82, 2.24) is 24.5 Å². The molecular formula is C14H20BrN5. The van der Waals surface area contributed by atoms with Crippen molar-refractivity contribution in [1.29, 1.82) is 0 Å². The number of halogens is 1. The van der Waals surface area contributed by atoms with Crippen molar-refractivity contribution in [2.45, 2.75) is 39.7 Å². The molecule has 0 saturated carbocycles. The Labute approximate surface area is 127 Å². The molecule has 0 spiro atoms. The van der Waals surface area contributed by atoms with Crippen LogP contribution in [-0.2, 0) is 6.54 Å². The Morgan fingerprint density at radius 1 is 1.45 bits per heavy atom. The van der Waals surface area contributed by atoms with E-state index >= 15 is 0 Å². The van der Waals surface area contributed by atoms with E-state index in [-0.39, 0.29) is 0 Å². The number of aromatic nitrogens is 4. The van der Waals surface area contributed by atoms with E-state index in [1.807, 2.05) is 6.20 Å². The monoisotopic (exact) mass is 337 g/mol. The molecule has 5 nitrogen and oxygen atoms in total. The van der Waals surface area contributed by atoms with Gasteiger partial charge in [-0.25, -0.2) is 9.50 Å². The lowest BCUT2D eigenvalue weighted by molar-refractivity contribution is 0.0917. The zero-order valence-electron chi connectivity index (χ0n) is 12.0. The largest absolute Gasteiger partial charge is 0.295 e. The molecule has 1 aliphatic rings. The van der Waals surface area contributed by atoms with E-state index in [0.29, 0.717) is 11.2 Å². The molecule has 6 heteroatoms. The molecule has 0 radical (unpaired) electrons. The van der Waals surface area contributed by atoms with Gasteiger partial charge < -0.3 is 0 Å². The number of piperidine rings is 1. The molecule has 0 aliphatic carbocycles. The summed E-state index contributed by atoms with van der Waals surface area (Å²) in [5.41, 5.74) is 0.443. The Morgan fingerprint density at radius 3 is 3.10 bits per heavy atom. The number of fused-ring (bicyclic) bond motifs is 1. The second kappa shape index (κ2) is 5.41. The molecule has 1 fully saturated rings. The molecule has 3 heterocycles. The van der Waals surface area contributed by atoms with Crippen molar-refractivity contribution in [3.05, 3.63) is 22.7 Å². The van der Waals surface area contributed by atoms with E-state index in [1.165, 1.54) is 19.3 Å². The summed E-state index contributed by atoms with van der Waals surface area (Å²) in [6, 6.07) is 0. The average molecular weight is 338 g/mol. The fraction of sp³-hybridized carbons (Fsp3) is 0.643. The maximum atomic E-state index is 4.51. The van der Waals surface area contributed by atoms with Crippen LogP contribution < -0.4 is 0 Å². The Balaban J connectivity index is 1.75. The summed E-state index contributed by atoms with van der Waals surface area (Å²) in [5.74, 6) is 1.52. The van der Waals surface area contributed by atoms with Crippen LogP contribution in [0.3, 0.4) is 0 Å². The van der Waals surface area contributed by atoms with Gasteiger partial charge in [0, 0.05) is 18.9 Å². The van der Waals surface area contributed by atoms with Crippen LogP contribution in [0.15, 0.2) is 16.9 Å². The van der Waals surface area contributed by atoms with Crippen LogP contribution in [0, 0.1) is 5.41 Å². The zero-order chi connectivity index (χ0) is 14.2. The topological polar surface area (TPSA) is 46.3 Å². The fourth-order valence-electron chi connectivity index (χ4n) is 2.92. The molecule has 108 valence electrons. The van der Waals surface area contributed by atoms with Gasteiger partial charge in [0.1, 0.15) is 0 Å². The third-order valence-electron chi connectivity index (χ3n) is 4.28. The maximum absolute atomic E-state index is 4.51. The van der Waals surface area contributed by atoms with E-state index in [2.05, 4.69) is 49.7 Å². The highest BCUT2D eigenvalue weighted by molar-refractivity contribution is 9.10. The smallest absolute Gasteiger partial charge is 0.252 e. The molecule has 20 heavy (non-hydrogen) atoms. The molecule has 0 aromatic carbocycles. The lowest BCUT2D eigenvalue weighted by Crippen LogP contribution is -2.41. The summed E-state index contributed by atoms with van der Waals surface area (Å²) in [5, 5.41) is 4.51. The minimum atomic E-state index is 0.443. The minimum Gasteiger partial charge on any atom is -0.295 e. The van der Waals surface area contributed by atoms with Gasteiger partial charge in [-0.3, -0.25) is 4.90 Å². The number of hydrogen-bond donors (Lipinski definition) is 0. The predicted octanol–water partition coefficient (Wildman–Crippen LogP) is 2.90. The van der Waals surface area contributed by atoms with Gasteiger partial charge in [-0.15, -0.1) is 5.10 Å². The second-order valence-corrected chi connectivity index (χ2v) is 6.94. The summed E-state index contributed by atoms with van der Waals surface area (Å²) in [7, 11) is 0. The zero-order valence-corrected chi connectivity index (χ0v) is 13.6. The molecule has 2 aromatic rings. The number of hydrogen-bond acceptors (Lipinski definition) is 4. The Kier molecular flexibility index (Phi) is 3.77. The molecule has 0 amide bonds. The number of nitrogens with zero attached hydrogens (tertiary/aromatic N) is 5. The van der Waals surface area contributed by atoms with E-state index in [4.69, 9.17) is 0 Å². The first-order valence-corrected chi connectivity index (χ1v) is 7.96. The second-order valence-electron chi connectivity index (χ2n) is 6.02. The quantitative estimate of drug-likeness (QED) is 0.863. The van der Waals surface area contributed by atoms with Gasteiger partial charge in [0.2, 0.25) is 0 Å². The highest BCUT2D eigenvalue weighted by Crippen LogP contribution is 2.32. The van der Waals surface area contributed by atoms with E-state index < -0.39 is 0 Å². The molecule has 1 saturated heterocycles. The molecular weight excluding hydrogens is 318 g/mol. The van der Waals surface area contributed by atoms with Crippen molar-refractivity contribution in [2.75, 3.05) is 13.1 Å². The molecule has 0 N–H and O–H groups in total. The predicted molar refractivity (Wildman–Crippen MR) is 81.4 cm³/mol. The van der Waals surface area contributed by atoms with Crippen LogP contribution in [0.2, 0.25) is 0 Å². The standard InChI is InChI=1S/C14H20BrN5/c1-3-14(2)5-4-6-19(10-14)9-12-17-13-16-7-11(15)8-20(13)18-12/h7-8H,3-6,9-10H2,1-2H3. The number of rotatable bonds is 3. The van der Waals surface area contributed by atoms with Crippen molar-refractivity contribution in [3.63, 3.8) is 0 Å². The Morgan fingerprint density at radius 2 is 2.30 bits per heavy atom. The van der Waals surface area contributed by atoms with Gasteiger partial charge in [0.05, 0.1) is 11.0 Å². The van der Waals surface area contributed by atoms with E-state index in [9.17, 15) is 0 Å². The van der Waals surface area contributed by atoms with Crippen LogP contribution in [-0.4, -0.2) is 37.6 Å². The van der Waals surface area contributed by atoms with Crippen molar-refractivity contribution in [3.8, 4) is 0 Å². The SMILES string of the molecule is CCC1(C)CCCN(Cc2nc3ncc(Br)cn3n2)C1. The van der Waals surface area contributed by atoms with Gasteiger partial charge in [0.15, 0.2) is 5.82 Å². The molecule has 2 aromatic heterocycles. The van der Waals surface area contributed by atoms with Crippen molar-refractivity contribution in [2.24, 2.45) is 5.41 Å². The minimum absolute atomic E-state index is 0.443. The lowest BCUT2D eigenvalue weighted by Gasteiger charge is -2.39. The first-order chi connectivity index (χ1) is 9.58. The van der Waals surface area contributed by atoms with Gasteiger partial charge in [0.25, 0.3) is 5.78 Å². The third-order valence-corrected chi connectivity index (χ3v) is 4.69. The maximum Gasteiger partial charge on any atom is 0.252 e. The lowest BCUT2D eigenvalue weighted by atomic mass is 9.80.